The first-order valence-corrected chi connectivity index (χ1v) is 4.22. The Morgan fingerprint density at radius 3 is 2.67 bits per heavy atom. The van der Waals surface area contributed by atoms with Crippen LogP contribution in [-0.2, 0) is 0 Å². The highest BCUT2D eigenvalue weighted by atomic mass is 35.5. The maximum absolute atomic E-state index is 8.52. The lowest BCUT2D eigenvalue weighted by Crippen LogP contribution is -1.76. The van der Waals surface area contributed by atoms with Crippen LogP contribution < -0.4 is 0 Å². The lowest BCUT2D eigenvalue weighted by Gasteiger charge is -1.97. The van der Waals surface area contributed by atoms with E-state index < -0.39 is 0 Å². The van der Waals surface area contributed by atoms with Crippen molar-refractivity contribution in [3.63, 3.8) is 0 Å². The van der Waals surface area contributed by atoms with Gasteiger partial charge in [-0.3, -0.25) is 0 Å². The minimum Gasteiger partial charge on any atom is -0.392 e. The van der Waals surface area contributed by atoms with Crippen molar-refractivity contribution in [1.29, 1.82) is 0 Å². The molecule has 0 aliphatic carbocycles. The van der Waals surface area contributed by atoms with Crippen molar-refractivity contribution in [3.8, 4) is 0 Å². The van der Waals surface area contributed by atoms with Crippen LogP contribution in [0.4, 0.5) is 0 Å². The van der Waals surface area contributed by atoms with E-state index in [1.807, 2.05) is 0 Å². The summed E-state index contributed by atoms with van der Waals surface area (Å²) in [5.74, 6) is 0. The molecule has 1 aromatic carbocycles. The van der Waals surface area contributed by atoms with Crippen molar-refractivity contribution in [1.82, 2.24) is 0 Å². The van der Waals surface area contributed by atoms with Crippen molar-refractivity contribution >= 4 is 29.3 Å². The van der Waals surface area contributed by atoms with E-state index in [0.29, 0.717) is 10.0 Å². The lowest BCUT2D eigenvalue weighted by atomic mass is 10.2. The molecule has 1 rings (SSSR count). The van der Waals surface area contributed by atoms with Gasteiger partial charge in [-0.15, -0.1) is 0 Å². The van der Waals surface area contributed by atoms with E-state index in [-0.39, 0.29) is 6.61 Å². The van der Waals surface area contributed by atoms with E-state index in [4.69, 9.17) is 28.3 Å². The van der Waals surface area contributed by atoms with E-state index in [2.05, 4.69) is 0 Å². The zero-order valence-corrected chi connectivity index (χ0v) is 7.81. The molecule has 0 bridgehead atoms. The van der Waals surface area contributed by atoms with Gasteiger partial charge in [-0.1, -0.05) is 41.4 Å². The Morgan fingerprint density at radius 1 is 1.33 bits per heavy atom. The van der Waals surface area contributed by atoms with Crippen LogP contribution in [0.25, 0.3) is 6.08 Å². The van der Waals surface area contributed by atoms with Crippen LogP contribution in [0.1, 0.15) is 5.56 Å². The molecule has 0 saturated heterocycles. The fourth-order valence-corrected chi connectivity index (χ4v) is 1.29. The van der Waals surface area contributed by atoms with Gasteiger partial charge in [0.15, 0.2) is 0 Å². The largest absolute Gasteiger partial charge is 0.392 e. The average Bonchev–Trinajstić information content (AvgIpc) is 2.03. The molecule has 0 amide bonds. The third-order valence-electron chi connectivity index (χ3n) is 1.37. The molecule has 0 fully saturated rings. The Hall–Kier alpha value is -0.500. The molecule has 0 spiro atoms. The molecule has 0 aliphatic heterocycles. The highest BCUT2D eigenvalue weighted by molar-refractivity contribution is 6.35. The Labute approximate surface area is 81.2 Å². The number of rotatable bonds is 2. The summed E-state index contributed by atoms with van der Waals surface area (Å²) in [4.78, 5) is 0. The Bertz CT molecular complexity index is 295. The van der Waals surface area contributed by atoms with Gasteiger partial charge in [0.1, 0.15) is 0 Å². The summed E-state index contributed by atoms with van der Waals surface area (Å²) in [6.45, 7) is 0.0129. The summed E-state index contributed by atoms with van der Waals surface area (Å²) in [7, 11) is 0. The van der Waals surface area contributed by atoms with Gasteiger partial charge in [-0.05, 0) is 17.7 Å². The second kappa shape index (κ2) is 4.51. The normalized spacial score (nSPS) is 10.9. The molecule has 1 aromatic rings. The van der Waals surface area contributed by atoms with Crippen molar-refractivity contribution < 1.29 is 5.11 Å². The number of aliphatic hydroxyl groups excluding tert-OH is 1. The summed E-state index contributed by atoms with van der Waals surface area (Å²) in [6, 6.07) is 5.22. The summed E-state index contributed by atoms with van der Waals surface area (Å²) >= 11 is 11.5. The van der Waals surface area contributed by atoms with Crippen LogP contribution in [0, 0.1) is 0 Å². The molecule has 0 aromatic heterocycles. The second-order valence-electron chi connectivity index (χ2n) is 2.25. The number of benzene rings is 1. The Kier molecular flexibility index (Phi) is 3.60. The SMILES string of the molecule is OC/C=C/c1ccc(Cl)cc1Cl. The highest BCUT2D eigenvalue weighted by Crippen LogP contribution is 2.21. The third kappa shape index (κ3) is 2.52. The van der Waals surface area contributed by atoms with Gasteiger partial charge < -0.3 is 5.11 Å². The van der Waals surface area contributed by atoms with Gasteiger partial charge >= 0.3 is 0 Å². The van der Waals surface area contributed by atoms with E-state index in [9.17, 15) is 0 Å². The fourth-order valence-electron chi connectivity index (χ4n) is 0.816. The highest BCUT2D eigenvalue weighted by Gasteiger charge is 1.95. The van der Waals surface area contributed by atoms with Gasteiger partial charge in [0.05, 0.1) is 6.61 Å². The van der Waals surface area contributed by atoms with Crippen LogP contribution in [-0.4, -0.2) is 11.7 Å². The second-order valence-corrected chi connectivity index (χ2v) is 3.09. The summed E-state index contributed by atoms with van der Waals surface area (Å²) in [5, 5.41) is 9.72. The molecule has 0 aliphatic rings. The van der Waals surface area contributed by atoms with Crippen LogP contribution >= 0.6 is 23.2 Å². The standard InChI is InChI=1S/C9H8Cl2O/c10-8-4-3-7(2-1-5-12)9(11)6-8/h1-4,6,12H,5H2/b2-1+. The van der Waals surface area contributed by atoms with E-state index in [1.54, 1.807) is 30.4 Å². The van der Waals surface area contributed by atoms with Gasteiger partial charge in [0.25, 0.3) is 0 Å². The molecule has 0 unspecified atom stereocenters. The molecular weight excluding hydrogens is 195 g/mol. The molecule has 0 saturated carbocycles. The van der Waals surface area contributed by atoms with Crippen molar-refractivity contribution in [2.24, 2.45) is 0 Å². The summed E-state index contributed by atoms with van der Waals surface area (Å²) in [5.41, 5.74) is 0.857. The van der Waals surface area contributed by atoms with Gasteiger partial charge in [0, 0.05) is 10.0 Å². The Morgan fingerprint density at radius 2 is 2.08 bits per heavy atom. The molecule has 12 heavy (non-hydrogen) atoms. The minimum absolute atomic E-state index is 0.0129. The topological polar surface area (TPSA) is 20.2 Å². The van der Waals surface area contributed by atoms with Crippen molar-refractivity contribution in [2.45, 2.75) is 0 Å². The zero-order valence-electron chi connectivity index (χ0n) is 6.30. The maximum Gasteiger partial charge on any atom is 0.0615 e. The quantitative estimate of drug-likeness (QED) is 0.783. The lowest BCUT2D eigenvalue weighted by molar-refractivity contribution is 0.343. The molecule has 1 nitrogen and oxygen atoms in total. The monoisotopic (exact) mass is 202 g/mol. The van der Waals surface area contributed by atoms with Crippen LogP contribution in [0.2, 0.25) is 10.0 Å². The molecule has 3 heteroatoms. The predicted octanol–water partition coefficient (Wildman–Crippen LogP) is 3.00. The first-order chi connectivity index (χ1) is 5.74. The minimum atomic E-state index is 0.0129. The number of halogens is 2. The van der Waals surface area contributed by atoms with Crippen LogP contribution in [0.15, 0.2) is 24.3 Å². The van der Waals surface area contributed by atoms with E-state index >= 15 is 0 Å². The van der Waals surface area contributed by atoms with Crippen LogP contribution in [0.3, 0.4) is 0 Å². The number of aliphatic hydroxyl groups is 1. The molecule has 64 valence electrons. The molecule has 0 atom stereocenters. The molecule has 1 N–H and O–H groups in total. The smallest absolute Gasteiger partial charge is 0.0615 e. The number of hydrogen-bond donors (Lipinski definition) is 1. The number of hydrogen-bond acceptors (Lipinski definition) is 1. The van der Waals surface area contributed by atoms with E-state index in [1.165, 1.54) is 0 Å². The first kappa shape index (κ1) is 9.59. The third-order valence-corrected chi connectivity index (χ3v) is 1.93. The van der Waals surface area contributed by atoms with E-state index in [0.717, 1.165) is 5.56 Å². The summed E-state index contributed by atoms with van der Waals surface area (Å²) < 4.78 is 0. The first-order valence-electron chi connectivity index (χ1n) is 3.46. The maximum atomic E-state index is 8.52. The molecule has 0 radical (unpaired) electrons. The molecule has 0 heterocycles. The molecular formula is C9H8Cl2O. The zero-order chi connectivity index (χ0) is 8.97. The fraction of sp³-hybridized carbons (Fsp3) is 0.111. The van der Waals surface area contributed by atoms with Crippen LogP contribution in [0.5, 0.6) is 0 Å². The van der Waals surface area contributed by atoms with Crippen molar-refractivity contribution in [3.05, 3.63) is 39.9 Å². The van der Waals surface area contributed by atoms with Gasteiger partial charge in [-0.2, -0.15) is 0 Å². The summed E-state index contributed by atoms with van der Waals surface area (Å²) in [6.07, 6.45) is 3.37. The predicted molar refractivity (Wildman–Crippen MR) is 52.6 cm³/mol. The van der Waals surface area contributed by atoms with Gasteiger partial charge in [-0.25, -0.2) is 0 Å². The Balaban J connectivity index is 2.94. The average molecular weight is 203 g/mol. The van der Waals surface area contributed by atoms with Gasteiger partial charge in [0.2, 0.25) is 0 Å². The van der Waals surface area contributed by atoms with Crippen molar-refractivity contribution in [2.75, 3.05) is 6.61 Å².